The molecule has 2 unspecified atom stereocenters. The van der Waals surface area contributed by atoms with Crippen LogP contribution in [0, 0.1) is 0 Å². The first kappa shape index (κ1) is 21.3. The summed E-state index contributed by atoms with van der Waals surface area (Å²) in [5, 5.41) is 22.8. The SMILES string of the molecule is CC1(c2cccc(CNC(=O)NCC(O)c3ccc4ccccc4c3)c2)NC(=O)NC1=O. The zero-order valence-electron chi connectivity index (χ0n) is 17.5. The molecule has 0 bridgehead atoms. The predicted octanol–water partition coefficient (Wildman–Crippen LogP) is 2.43. The molecule has 5 amide bonds. The van der Waals surface area contributed by atoms with Gasteiger partial charge in [0.2, 0.25) is 0 Å². The maximum Gasteiger partial charge on any atom is 0.322 e. The Labute approximate surface area is 185 Å². The molecule has 8 nitrogen and oxygen atoms in total. The van der Waals surface area contributed by atoms with Crippen LogP contribution in [-0.4, -0.2) is 29.6 Å². The standard InChI is InChI=1S/C24H24N4O4/c1-24(21(30)27-23(32)28-24)19-8-4-5-15(11-19)13-25-22(31)26-14-20(29)18-10-9-16-6-2-3-7-17(16)12-18/h2-12,20,29H,13-14H2,1H3,(H2,25,26,31)(H2,27,28,30,32). The van der Waals surface area contributed by atoms with Gasteiger partial charge in [-0.2, -0.15) is 0 Å². The third kappa shape index (κ3) is 4.40. The molecule has 1 aliphatic heterocycles. The second-order valence-corrected chi connectivity index (χ2v) is 7.92. The van der Waals surface area contributed by atoms with Gasteiger partial charge >= 0.3 is 12.1 Å². The topological polar surface area (TPSA) is 120 Å². The number of imide groups is 1. The molecule has 0 spiro atoms. The van der Waals surface area contributed by atoms with Crippen LogP contribution in [0.1, 0.15) is 29.7 Å². The second kappa shape index (κ2) is 8.68. The molecule has 0 radical (unpaired) electrons. The van der Waals surface area contributed by atoms with Crippen LogP contribution in [0.4, 0.5) is 9.59 Å². The Hall–Kier alpha value is -3.91. The summed E-state index contributed by atoms with van der Waals surface area (Å²) in [6.45, 7) is 1.91. The maximum atomic E-state index is 12.2. The van der Waals surface area contributed by atoms with E-state index in [4.69, 9.17) is 0 Å². The van der Waals surface area contributed by atoms with Crippen molar-refractivity contribution in [2.45, 2.75) is 25.1 Å². The fourth-order valence-electron chi connectivity index (χ4n) is 3.71. The molecule has 1 heterocycles. The molecule has 1 fully saturated rings. The average Bonchev–Trinajstić information content (AvgIpc) is 3.08. The van der Waals surface area contributed by atoms with Crippen molar-refractivity contribution >= 4 is 28.7 Å². The number of urea groups is 2. The minimum Gasteiger partial charge on any atom is -0.387 e. The van der Waals surface area contributed by atoms with Crippen molar-refractivity contribution in [3.63, 3.8) is 0 Å². The molecule has 8 heteroatoms. The van der Waals surface area contributed by atoms with E-state index in [0.29, 0.717) is 5.56 Å². The monoisotopic (exact) mass is 432 g/mol. The van der Waals surface area contributed by atoms with Crippen molar-refractivity contribution in [1.29, 1.82) is 0 Å². The molecule has 4 rings (SSSR count). The number of benzene rings is 3. The average molecular weight is 432 g/mol. The van der Waals surface area contributed by atoms with Gasteiger partial charge in [-0.05, 0) is 40.5 Å². The van der Waals surface area contributed by atoms with Crippen molar-refractivity contribution in [3.8, 4) is 0 Å². The summed E-state index contributed by atoms with van der Waals surface area (Å²) in [7, 11) is 0. The van der Waals surface area contributed by atoms with Crippen molar-refractivity contribution < 1.29 is 19.5 Å². The summed E-state index contributed by atoms with van der Waals surface area (Å²) in [6.07, 6.45) is -0.835. The molecule has 164 valence electrons. The number of carbonyl (C=O) groups is 3. The lowest BCUT2D eigenvalue weighted by Gasteiger charge is -2.21. The van der Waals surface area contributed by atoms with Crippen molar-refractivity contribution in [3.05, 3.63) is 83.4 Å². The van der Waals surface area contributed by atoms with Crippen LogP contribution < -0.4 is 21.3 Å². The Morgan fingerprint density at radius 1 is 1.00 bits per heavy atom. The minimum absolute atomic E-state index is 0.0640. The summed E-state index contributed by atoms with van der Waals surface area (Å²) >= 11 is 0. The largest absolute Gasteiger partial charge is 0.387 e. The zero-order valence-corrected chi connectivity index (χ0v) is 17.5. The zero-order chi connectivity index (χ0) is 22.7. The normalized spacial score (nSPS) is 18.7. The van der Waals surface area contributed by atoms with Crippen molar-refractivity contribution in [1.82, 2.24) is 21.3 Å². The summed E-state index contributed by atoms with van der Waals surface area (Å²) in [6, 6.07) is 19.7. The molecule has 5 N–H and O–H groups in total. The fraction of sp³-hybridized carbons (Fsp3) is 0.208. The molecular weight excluding hydrogens is 408 g/mol. The lowest BCUT2D eigenvalue weighted by atomic mass is 9.91. The predicted molar refractivity (Wildman–Crippen MR) is 120 cm³/mol. The Balaban J connectivity index is 1.32. The molecule has 0 saturated carbocycles. The number of hydrogen-bond acceptors (Lipinski definition) is 4. The van der Waals surface area contributed by atoms with Gasteiger partial charge in [0.05, 0.1) is 6.10 Å². The number of aliphatic hydroxyl groups is 1. The minimum atomic E-state index is -1.15. The molecule has 1 aliphatic rings. The highest BCUT2D eigenvalue weighted by molar-refractivity contribution is 6.07. The van der Waals surface area contributed by atoms with Crippen LogP contribution in [0.5, 0.6) is 0 Å². The van der Waals surface area contributed by atoms with E-state index in [-0.39, 0.29) is 13.1 Å². The first-order valence-electron chi connectivity index (χ1n) is 10.3. The summed E-state index contributed by atoms with van der Waals surface area (Å²) in [4.78, 5) is 35.8. The molecule has 3 aromatic carbocycles. The highest BCUT2D eigenvalue weighted by atomic mass is 16.3. The lowest BCUT2D eigenvalue weighted by molar-refractivity contribution is -0.123. The van der Waals surface area contributed by atoms with E-state index in [1.165, 1.54) is 0 Å². The van der Waals surface area contributed by atoms with Crippen LogP contribution in [-0.2, 0) is 16.9 Å². The smallest absolute Gasteiger partial charge is 0.322 e. The van der Waals surface area contributed by atoms with Gasteiger partial charge in [-0.15, -0.1) is 0 Å². The first-order valence-corrected chi connectivity index (χ1v) is 10.3. The number of fused-ring (bicyclic) bond motifs is 1. The van der Waals surface area contributed by atoms with Crippen LogP contribution >= 0.6 is 0 Å². The molecule has 0 aliphatic carbocycles. The quantitative estimate of drug-likeness (QED) is 0.384. The first-order chi connectivity index (χ1) is 15.3. The Bertz CT molecular complexity index is 1200. The number of nitrogens with one attached hydrogen (secondary N) is 4. The van der Waals surface area contributed by atoms with Gasteiger partial charge in [0.25, 0.3) is 5.91 Å². The van der Waals surface area contributed by atoms with Gasteiger partial charge < -0.3 is 21.1 Å². The van der Waals surface area contributed by atoms with Gasteiger partial charge in [-0.25, -0.2) is 9.59 Å². The van der Waals surface area contributed by atoms with E-state index in [9.17, 15) is 19.5 Å². The van der Waals surface area contributed by atoms with E-state index in [1.54, 1.807) is 25.1 Å². The van der Waals surface area contributed by atoms with Crippen LogP contribution in [0.15, 0.2) is 66.7 Å². The van der Waals surface area contributed by atoms with Gasteiger partial charge in [-0.3, -0.25) is 10.1 Å². The second-order valence-electron chi connectivity index (χ2n) is 7.92. The van der Waals surface area contributed by atoms with E-state index in [2.05, 4.69) is 21.3 Å². The third-order valence-corrected chi connectivity index (χ3v) is 5.62. The molecule has 1 saturated heterocycles. The molecular formula is C24H24N4O4. The molecule has 3 aromatic rings. The number of carbonyl (C=O) groups excluding carboxylic acids is 3. The van der Waals surface area contributed by atoms with E-state index in [1.807, 2.05) is 48.5 Å². The molecule has 2 atom stereocenters. The van der Waals surface area contributed by atoms with E-state index < -0.39 is 29.6 Å². The van der Waals surface area contributed by atoms with Gasteiger partial charge in [0, 0.05) is 13.1 Å². The third-order valence-electron chi connectivity index (χ3n) is 5.62. The van der Waals surface area contributed by atoms with E-state index in [0.717, 1.165) is 21.9 Å². The van der Waals surface area contributed by atoms with Gasteiger partial charge in [0.15, 0.2) is 0 Å². The number of amides is 5. The Morgan fingerprint density at radius 3 is 2.53 bits per heavy atom. The van der Waals surface area contributed by atoms with Gasteiger partial charge in [0.1, 0.15) is 5.54 Å². The van der Waals surface area contributed by atoms with Crippen molar-refractivity contribution in [2.24, 2.45) is 0 Å². The molecule has 0 aromatic heterocycles. The maximum absolute atomic E-state index is 12.2. The van der Waals surface area contributed by atoms with Gasteiger partial charge in [-0.1, -0.05) is 60.7 Å². The summed E-state index contributed by atoms with van der Waals surface area (Å²) in [5.74, 6) is -0.423. The molecule has 32 heavy (non-hydrogen) atoms. The summed E-state index contributed by atoms with van der Waals surface area (Å²) < 4.78 is 0. The summed E-state index contributed by atoms with van der Waals surface area (Å²) in [5.41, 5.74) is 0.955. The number of hydrogen-bond donors (Lipinski definition) is 5. The fourth-order valence-corrected chi connectivity index (χ4v) is 3.71. The number of aliphatic hydroxyl groups excluding tert-OH is 1. The van der Waals surface area contributed by atoms with Crippen LogP contribution in [0.2, 0.25) is 0 Å². The van der Waals surface area contributed by atoms with E-state index >= 15 is 0 Å². The number of rotatable bonds is 6. The Morgan fingerprint density at radius 2 is 1.78 bits per heavy atom. The van der Waals surface area contributed by atoms with Crippen molar-refractivity contribution in [2.75, 3.05) is 6.54 Å². The highest BCUT2D eigenvalue weighted by Crippen LogP contribution is 2.25. The lowest BCUT2D eigenvalue weighted by Crippen LogP contribution is -2.40. The highest BCUT2D eigenvalue weighted by Gasteiger charge is 2.43. The Kier molecular flexibility index (Phi) is 5.79. The van der Waals surface area contributed by atoms with Crippen LogP contribution in [0.3, 0.4) is 0 Å². The van der Waals surface area contributed by atoms with Crippen LogP contribution in [0.25, 0.3) is 10.8 Å².